The minimum Gasteiger partial charge on any atom is -0.493 e. The van der Waals surface area contributed by atoms with Crippen LogP contribution in [-0.4, -0.2) is 52.8 Å². The lowest BCUT2D eigenvalue weighted by atomic mass is 9.84. The molecule has 4 amide bonds. The van der Waals surface area contributed by atoms with Crippen molar-refractivity contribution in [3.05, 3.63) is 59.1 Å². The zero-order valence-corrected chi connectivity index (χ0v) is 18.5. The van der Waals surface area contributed by atoms with Crippen LogP contribution in [0, 0.1) is 0 Å². The summed E-state index contributed by atoms with van der Waals surface area (Å²) in [5, 5.41) is 3.62. The van der Waals surface area contributed by atoms with E-state index in [0.29, 0.717) is 24.3 Å². The van der Waals surface area contributed by atoms with Crippen LogP contribution < -0.4 is 10.1 Å². The van der Waals surface area contributed by atoms with E-state index in [-0.39, 0.29) is 18.5 Å². The highest BCUT2D eigenvalue weighted by atomic mass is 32.1. The van der Waals surface area contributed by atoms with Gasteiger partial charge in [-0.1, -0.05) is 30.3 Å². The van der Waals surface area contributed by atoms with E-state index in [1.165, 1.54) is 16.2 Å². The number of rotatable bonds is 4. The number of aromatic nitrogens is 1. The number of thiazole rings is 1. The van der Waals surface area contributed by atoms with Gasteiger partial charge in [0.05, 0.1) is 22.9 Å². The van der Waals surface area contributed by atoms with Gasteiger partial charge >= 0.3 is 6.03 Å². The Balaban J connectivity index is 1.35. The first-order valence-electron chi connectivity index (χ1n) is 10.4. The molecule has 9 heteroatoms. The van der Waals surface area contributed by atoms with Crippen molar-refractivity contribution in [3.8, 4) is 5.75 Å². The molecule has 1 saturated heterocycles. The van der Waals surface area contributed by atoms with Gasteiger partial charge in [0, 0.05) is 19.0 Å². The second-order valence-corrected chi connectivity index (χ2v) is 9.08. The van der Waals surface area contributed by atoms with E-state index in [1.807, 2.05) is 37.3 Å². The third-order valence-corrected chi connectivity index (χ3v) is 7.40. The van der Waals surface area contributed by atoms with E-state index in [1.54, 1.807) is 25.2 Å². The normalized spacial score (nSPS) is 20.8. The van der Waals surface area contributed by atoms with E-state index in [4.69, 9.17) is 4.74 Å². The molecule has 0 bridgehead atoms. The lowest BCUT2D eigenvalue weighted by Gasteiger charge is -2.33. The van der Waals surface area contributed by atoms with Gasteiger partial charge in [-0.25, -0.2) is 9.78 Å². The smallest absolute Gasteiger partial charge is 0.325 e. The summed E-state index contributed by atoms with van der Waals surface area (Å²) in [6.07, 6.45) is 0.317. The Morgan fingerprint density at radius 2 is 2.00 bits per heavy atom. The van der Waals surface area contributed by atoms with Crippen LogP contribution in [0.15, 0.2) is 48.5 Å². The number of imide groups is 1. The maximum Gasteiger partial charge on any atom is 0.325 e. The van der Waals surface area contributed by atoms with Gasteiger partial charge in [0.15, 0.2) is 5.54 Å². The van der Waals surface area contributed by atoms with Gasteiger partial charge in [-0.3, -0.25) is 14.5 Å². The van der Waals surface area contributed by atoms with Crippen molar-refractivity contribution in [1.29, 1.82) is 0 Å². The number of carbonyl (C=O) groups excluding carboxylic acids is 3. The summed E-state index contributed by atoms with van der Waals surface area (Å²) in [5.74, 6) is -0.188. The van der Waals surface area contributed by atoms with Crippen molar-refractivity contribution >= 4 is 39.4 Å². The SMILES string of the molecule is C[C@H](c1nc2ccccc2s1)N(C)C(=O)CN1C(=O)N[C@]2(CCOc3ccccc32)C1=O. The Morgan fingerprint density at radius 1 is 1.25 bits per heavy atom. The average molecular weight is 451 g/mol. The van der Waals surface area contributed by atoms with Crippen molar-refractivity contribution in [3.63, 3.8) is 0 Å². The van der Waals surface area contributed by atoms with Gasteiger partial charge in [-0.2, -0.15) is 0 Å². The predicted octanol–water partition coefficient (Wildman–Crippen LogP) is 3.05. The van der Waals surface area contributed by atoms with E-state index < -0.39 is 17.5 Å². The molecular formula is C23H22N4O4S. The summed E-state index contributed by atoms with van der Waals surface area (Å²) >= 11 is 1.53. The summed E-state index contributed by atoms with van der Waals surface area (Å²) in [6.45, 7) is 1.86. The Bertz CT molecular complexity index is 1210. The zero-order valence-electron chi connectivity index (χ0n) is 17.7. The molecule has 2 aliphatic heterocycles. The highest BCUT2D eigenvalue weighted by molar-refractivity contribution is 7.18. The molecule has 3 heterocycles. The van der Waals surface area contributed by atoms with Crippen molar-refractivity contribution < 1.29 is 19.1 Å². The standard InChI is InChI=1S/C23H22N4O4S/c1-14(20-24-16-8-4-6-10-18(16)32-20)26(2)19(28)13-27-21(29)23(25-22(27)30)11-12-31-17-9-5-3-7-15(17)23/h3-10,14H,11-13H2,1-2H3,(H,25,30)/t14-,23+/m1/s1. The number of carbonyl (C=O) groups is 3. The average Bonchev–Trinajstić information content (AvgIpc) is 3.34. The molecule has 1 N–H and O–H groups in total. The topological polar surface area (TPSA) is 91.8 Å². The minimum absolute atomic E-state index is 0.293. The lowest BCUT2D eigenvalue weighted by Crippen LogP contribution is -2.48. The maximum absolute atomic E-state index is 13.4. The Hall–Kier alpha value is -3.46. The predicted molar refractivity (Wildman–Crippen MR) is 119 cm³/mol. The first kappa shape index (κ1) is 20.4. The number of urea groups is 1. The second-order valence-electron chi connectivity index (χ2n) is 8.02. The van der Waals surface area contributed by atoms with E-state index in [2.05, 4.69) is 10.3 Å². The van der Waals surface area contributed by atoms with Crippen LogP contribution in [-0.2, 0) is 15.1 Å². The number of benzene rings is 2. The van der Waals surface area contributed by atoms with Crippen LogP contribution in [0.1, 0.15) is 30.0 Å². The number of fused-ring (bicyclic) bond motifs is 3. The molecule has 0 unspecified atom stereocenters. The number of likely N-dealkylation sites (N-methyl/N-ethyl adjacent to an activating group) is 1. The minimum atomic E-state index is -1.19. The maximum atomic E-state index is 13.4. The quantitative estimate of drug-likeness (QED) is 0.617. The van der Waals surface area contributed by atoms with Crippen LogP contribution in [0.3, 0.4) is 0 Å². The molecule has 0 saturated carbocycles. The highest BCUT2D eigenvalue weighted by Gasteiger charge is 2.55. The first-order chi connectivity index (χ1) is 15.4. The summed E-state index contributed by atoms with van der Waals surface area (Å²) in [7, 11) is 1.66. The largest absolute Gasteiger partial charge is 0.493 e. The molecule has 2 atom stereocenters. The summed E-state index contributed by atoms with van der Waals surface area (Å²) < 4.78 is 6.70. The molecule has 32 heavy (non-hydrogen) atoms. The van der Waals surface area contributed by atoms with Gasteiger partial charge in [0.2, 0.25) is 5.91 Å². The van der Waals surface area contributed by atoms with Crippen molar-refractivity contribution in [1.82, 2.24) is 20.1 Å². The first-order valence-corrected chi connectivity index (χ1v) is 11.2. The summed E-state index contributed by atoms with van der Waals surface area (Å²) in [5.41, 5.74) is 0.314. The molecule has 1 fully saturated rings. The van der Waals surface area contributed by atoms with Crippen molar-refractivity contribution in [2.75, 3.05) is 20.2 Å². The molecule has 1 spiro atoms. The molecule has 5 rings (SSSR count). The molecule has 0 aliphatic carbocycles. The zero-order chi connectivity index (χ0) is 22.5. The fourth-order valence-electron chi connectivity index (χ4n) is 4.21. The monoisotopic (exact) mass is 450 g/mol. The fourth-order valence-corrected chi connectivity index (χ4v) is 5.28. The highest BCUT2D eigenvalue weighted by Crippen LogP contribution is 2.41. The number of nitrogens with one attached hydrogen (secondary N) is 1. The van der Waals surface area contributed by atoms with Crippen LogP contribution in [0.25, 0.3) is 10.2 Å². The Morgan fingerprint density at radius 3 is 2.81 bits per heavy atom. The van der Waals surface area contributed by atoms with Crippen molar-refractivity contribution in [2.45, 2.75) is 24.9 Å². The summed E-state index contributed by atoms with van der Waals surface area (Å²) in [4.78, 5) is 46.3. The molecule has 8 nitrogen and oxygen atoms in total. The van der Waals surface area contributed by atoms with Gasteiger partial charge in [-0.05, 0) is 25.1 Å². The van der Waals surface area contributed by atoms with Gasteiger partial charge in [0.25, 0.3) is 5.91 Å². The van der Waals surface area contributed by atoms with Crippen LogP contribution >= 0.6 is 11.3 Å². The molecule has 2 aliphatic rings. The van der Waals surface area contributed by atoms with Gasteiger partial charge in [-0.15, -0.1) is 11.3 Å². The molecule has 164 valence electrons. The van der Waals surface area contributed by atoms with Gasteiger partial charge in [0.1, 0.15) is 17.3 Å². The number of nitrogens with zero attached hydrogens (tertiary/aromatic N) is 3. The van der Waals surface area contributed by atoms with Gasteiger partial charge < -0.3 is 15.0 Å². The van der Waals surface area contributed by atoms with Crippen LogP contribution in [0.2, 0.25) is 0 Å². The lowest BCUT2D eigenvalue weighted by molar-refractivity contribution is -0.140. The molecule has 0 radical (unpaired) electrons. The number of hydrogen-bond donors (Lipinski definition) is 1. The molecular weight excluding hydrogens is 428 g/mol. The van der Waals surface area contributed by atoms with Crippen LogP contribution in [0.4, 0.5) is 4.79 Å². The fraction of sp³-hybridized carbons (Fsp3) is 0.304. The van der Waals surface area contributed by atoms with E-state index in [9.17, 15) is 14.4 Å². The Kier molecular flexibility index (Phi) is 4.85. The number of hydrogen-bond acceptors (Lipinski definition) is 6. The molecule has 2 aromatic carbocycles. The number of amides is 4. The van der Waals surface area contributed by atoms with E-state index in [0.717, 1.165) is 20.1 Å². The molecule has 1 aromatic heterocycles. The van der Waals surface area contributed by atoms with Crippen molar-refractivity contribution in [2.24, 2.45) is 0 Å². The molecule has 3 aromatic rings. The summed E-state index contributed by atoms with van der Waals surface area (Å²) in [6, 6.07) is 14.1. The number of ether oxygens (including phenoxy) is 1. The third kappa shape index (κ3) is 3.12. The second kappa shape index (κ2) is 7.59. The van der Waals surface area contributed by atoms with Crippen LogP contribution in [0.5, 0.6) is 5.75 Å². The third-order valence-electron chi connectivity index (χ3n) is 6.19. The van der Waals surface area contributed by atoms with E-state index >= 15 is 0 Å². The Labute approximate surface area is 188 Å². The number of para-hydroxylation sites is 2.